The van der Waals surface area contributed by atoms with E-state index in [1.807, 2.05) is 13.0 Å². The van der Waals surface area contributed by atoms with E-state index in [4.69, 9.17) is 0 Å². The van der Waals surface area contributed by atoms with Crippen molar-refractivity contribution < 1.29 is 8.42 Å². The van der Waals surface area contributed by atoms with Crippen LogP contribution in [0, 0.1) is 0 Å². The van der Waals surface area contributed by atoms with E-state index in [0.717, 1.165) is 19.5 Å². The summed E-state index contributed by atoms with van der Waals surface area (Å²) in [6.07, 6.45) is 0.933. The van der Waals surface area contributed by atoms with Crippen LogP contribution in [-0.2, 0) is 16.3 Å². The van der Waals surface area contributed by atoms with Gasteiger partial charge >= 0.3 is 0 Å². The summed E-state index contributed by atoms with van der Waals surface area (Å²) in [5.41, 5.74) is 0. The average Bonchev–Trinajstić information content (AvgIpc) is 2.90. The quantitative estimate of drug-likeness (QED) is 0.363. The molecule has 1 aromatic rings. The molecule has 0 unspecified atom stereocenters. The Morgan fingerprint density at radius 2 is 2.00 bits per heavy atom. The summed E-state index contributed by atoms with van der Waals surface area (Å²) in [5.74, 6) is 0.737. The fourth-order valence-electron chi connectivity index (χ4n) is 1.68. The lowest BCUT2D eigenvalue weighted by atomic mass is 10.3. The molecule has 0 spiro atoms. The lowest BCUT2D eigenvalue weighted by molar-refractivity contribution is 0.560. The van der Waals surface area contributed by atoms with Gasteiger partial charge in [0.1, 0.15) is 0 Å². The molecule has 23 heavy (non-hydrogen) atoms. The molecule has 0 bridgehead atoms. The average molecular weight is 473 g/mol. The number of nitrogens with one attached hydrogen (secondary N) is 2. The van der Waals surface area contributed by atoms with E-state index in [9.17, 15) is 8.42 Å². The van der Waals surface area contributed by atoms with Gasteiger partial charge in [-0.25, -0.2) is 8.42 Å². The first-order valence-corrected chi connectivity index (χ1v) is 10.1. The summed E-state index contributed by atoms with van der Waals surface area (Å²) in [6, 6.07) is 4.14. The maximum Gasteiger partial charge on any atom is 0.191 e. The van der Waals surface area contributed by atoms with Crippen LogP contribution in [0.2, 0.25) is 0 Å². The smallest absolute Gasteiger partial charge is 0.191 e. The Morgan fingerprint density at radius 1 is 1.30 bits per heavy atom. The minimum Gasteiger partial charge on any atom is -0.357 e. The molecule has 0 atom stereocenters. The zero-order chi connectivity index (χ0) is 16.6. The maximum absolute atomic E-state index is 12.1. The molecule has 1 aromatic heterocycles. The van der Waals surface area contributed by atoms with Gasteiger partial charge in [0.25, 0.3) is 0 Å². The molecular formula is C15H28IN3O2S2. The molecule has 8 heteroatoms. The van der Waals surface area contributed by atoms with Crippen molar-refractivity contribution in [2.75, 3.05) is 25.4 Å². The molecule has 1 rings (SSSR count). The molecule has 0 aliphatic rings. The molecule has 0 radical (unpaired) electrons. The van der Waals surface area contributed by atoms with Crippen LogP contribution in [0.3, 0.4) is 0 Å². The summed E-state index contributed by atoms with van der Waals surface area (Å²) in [7, 11) is -3.13. The molecule has 0 aromatic carbocycles. The Morgan fingerprint density at radius 3 is 2.52 bits per heavy atom. The van der Waals surface area contributed by atoms with Crippen molar-refractivity contribution in [2.24, 2.45) is 4.99 Å². The van der Waals surface area contributed by atoms with Gasteiger partial charge in [0.05, 0.1) is 17.0 Å². The van der Waals surface area contributed by atoms with E-state index in [-0.39, 0.29) is 36.3 Å². The summed E-state index contributed by atoms with van der Waals surface area (Å²) < 4.78 is 23.4. The minimum absolute atomic E-state index is 0. The van der Waals surface area contributed by atoms with E-state index in [2.05, 4.69) is 27.1 Å². The van der Waals surface area contributed by atoms with Crippen molar-refractivity contribution in [3.05, 3.63) is 22.4 Å². The van der Waals surface area contributed by atoms with E-state index in [1.165, 1.54) is 4.88 Å². The zero-order valence-electron chi connectivity index (χ0n) is 14.3. The highest BCUT2D eigenvalue weighted by Gasteiger charge is 2.28. The van der Waals surface area contributed by atoms with Crippen LogP contribution in [0.15, 0.2) is 22.5 Å². The number of hydrogen-bond donors (Lipinski definition) is 2. The number of guanidine groups is 1. The highest BCUT2D eigenvalue weighted by molar-refractivity contribution is 14.0. The van der Waals surface area contributed by atoms with E-state index >= 15 is 0 Å². The minimum atomic E-state index is -3.13. The highest BCUT2D eigenvalue weighted by Crippen LogP contribution is 2.15. The fourth-order valence-corrected chi connectivity index (χ4v) is 3.34. The normalized spacial score (nSPS) is 12.6. The Kier molecular flexibility index (Phi) is 10.3. The van der Waals surface area contributed by atoms with Crippen molar-refractivity contribution in [3.63, 3.8) is 0 Å². The molecule has 0 saturated heterocycles. The van der Waals surface area contributed by atoms with Gasteiger partial charge in [-0.2, -0.15) is 0 Å². The number of thiophene rings is 1. The second-order valence-corrected chi connectivity index (χ2v) is 9.84. The second kappa shape index (κ2) is 10.5. The first-order valence-electron chi connectivity index (χ1n) is 7.53. The van der Waals surface area contributed by atoms with Crippen LogP contribution in [0.4, 0.5) is 0 Å². The molecule has 0 fully saturated rings. The van der Waals surface area contributed by atoms with Crippen LogP contribution in [0.25, 0.3) is 0 Å². The molecule has 134 valence electrons. The Labute approximate surface area is 161 Å². The summed E-state index contributed by atoms with van der Waals surface area (Å²) >= 11 is 1.73. The molecular weight excluding hydrogens is 445 g/mol. The van der Waals surface area contributed by atoms with Crippen molar-refractivity contribution in [1.82, 2.24) is 10.6 Å². The maximum atomic E-state index is 12.1. The first kappa shape index (κ1) is 22.6. The van der Waals surface area contributed by atoms with Gasteiger partial charge in [-0.1, -0.05) is 6.07 Å². The monoisotopic (exact) mass is 473 g/mol. The van der Waals surface area contributed by atoms with Crippen LogP contribution < -0.4 is 10.6 Å². The number of rotatable bonds is 7. The topological polar surface area (TPSA) is 70.6 Å². The van der Waals surface area contributed by atoms with Crippen LogP contribution in [-0.4, -0.2) is 44.5 Å². The van der Waals surface area contributed by atoms with E-state index in [0.29, 0.717) is 5.96 Å². The van der Waals surface area contributed by atoms with Gasteiger partial charge in [-0.3, -0.25) is 4.99 Å². The lowest BCUT2D eigenvalue weighted by Crippen LogP contribution is -2.39. The van der Waals surface area contributed by atoms with Crippen LogP contribution >= 0.6 is 35.3 Å². The molecule has 0 saturated carbocycles. The third-order valence-corrected chi connectivity index (χ3v) is 6.67. The van der Waals surface area contributed by atoms with Crippen molar-refractivity contribution in [1.29, 1.82) is 0 Å². The number of halogens is 1. The van der Waals surface area contributed by atoms with E-state index in [1.54, 1.807) is 32.1 Å². The summed E-state index contributed by atoms with van der Waals surface area (Å²) in [6.45, 7) is 8.94. The van der Waals surface area contributed by atoms with Gasteiger partial charge in [0.2, 0.25) is 0 Å². The van der Waals surface area contributed by atoms with Crippen molar-refractivity contribution in [3.8, 4) is 0 Å². The third-order valence-electron chi connectivity index (χ3n) is 3.15. The van der Waals surface area contributed by atoms with E-state index < -0.39 is 14.6 Å². The third kappa shape index (κ3) is 8.35. The highest BCUT2D eigenvalue weighted by atomic mass is 127. The SMILES string of the molecule is CCNC(=NCCS(=O)(=O)C(C)(C)C)NCCc1cccs1.I. The second-order valence-electron chi connectivity index (χ2n) is 5.95. The van der Waals surface area contributed by atoms with Crippen molar-refractivity contribution in [2.45, 2.75) is 38.9 Å². The predicted molar refractivity (Wildman–Crippen MR) is 111 cm³/mol. The number of nitrogens with zero attached hydrogens (tertiary/aromatic N) is 1. The van der Waals surface area contributed by atoms with Crippen LogP contribution in [0.5, 0.6) is 0 Å². The first-order chi connectivity index (χ1) is 10.3. The molecule has 0 amide bonds. The zero-order valence-corrected chi connectivity index (χ0v) is 18.2. The molecule has 1 heterocycles. The molecule has 5 nitrogen and oxygen atoms in total. The molecule has 0 aliphatic carbocycles. The Bertz CT molecular complexity index is 564. The molecule has 0 aliphatic heterocycles. The fraction of sp³-hybridized carbons (Fsp3) is 0.667. The van der Waals surface area contributed by atoms with Gasteiger partial charge < -0.3 is 10.6 Å². The van der Waals surface area contributed by atoms with Gasteiger partial charge in [0, 0.05) is 18.0 Å². The lowest BCUT2D eigenvalue weighted by Gasteiger charge is -2.18. The number of aliphatic imine (C=N–C) groups is 1. The summed E-state index contributed by atoms with van der Waals surface area (Å²) in [5, 5.41) is 8.43. The van der Waals surface area contributed by atoms with Gasteiger partial charge in [-0.15, -0.1) is 35.3 Å². The number of hydrogen-bond acceptors (Lipinski definition) is 4. The number of sulfone groups is 1. The summed E-state index contributed by atoms with van der Waals surface area (Å²) in [4.78, 5) is 5.67. The Balaban J connectivity index is 0.00000484. The molecule has 2 N–H and O–H groups in total. The van der Waals surface area contributed by atoms with Crippen LogP contribution in [0.1, 0.15) is 32.6 Å². The largest absolute Gasteiger partial charge is 0.357 e. The van der Waals surface area contributed by atoms with Gasteiger partial charge in [0.15, 0.2) is 15.8 Å². The predicted octanol–water partition coefficient (Wildman–Crippen LogP) is 2.68. The standard InChI is InChI=1S/C15H27N3O2S2.HI/c1-5-16-14(17-9-8-13-7-6-11-21-13)18-10-12-22(19,20)15(2,3)4;/h6-7,11H,5,8-10,12H2,1-4H3,(H2,16,17,18);1H. The Hall–Kier alpha value is -0.350. The van der Waals surface area contributed by atoms with Gasteiger partial charge in [-0.05, 0) is 45.6 Å². The van der Waals surface area contributed by atoms with Crippen molar-refractivity contribution >= 4 is 51.1 Å².